The van der Waals surface area contributed by atoms with Gasteiger partial charge in [0.25, 0.3) is 0 Å². The lowest BCUT2D eigenvalue weighted by Crippen LogP contribution is -2.52. The van der Waals surface area contributed by atoms with Gasteiger partial charge in [0.05, 0.1) is 12.1 Å². The van der Waals surface area contributed by atoms with Crippen molar-refractivity contribution < 1.29 is 24.5 Å². The fraction of sp³-hybridized carbons (Fsp3) is 0.273. The Balaban J connectivity index is 2.73. The van der Waals surface area contributed by atoms with Crippen molar-refractivity contribution >= 4 is 12.1 Å². The van der Waals surface area contributed by atoms with Crippen molar-refractivity contribution in [3.05, 3.63) is 36.7 Å². The van der Waals surface area contributed by atoms with Gasteiger partial charge in [-0.05, 0) is 18.4 Å². The molecule has 1 aliphatic rings. The van der Waals surface area contributed by atoms with Crippen LogP contribution in [0.4, 0.5) is 4.79 Å². The van der Waals surface area contributed by atoms with Crippen LogP contribution < -0.4 is 10.6 Å². The summed E-state index contributed by atoms with van der Waals surface area (Å²) in [5.74, 6) is -1.22. The molecule has 4 N–H and O–H groups in total. The second-order valence-electron chi connectivity index (χ2n) is 3.53. The predicted octanol–water partition coefficient (Wildman–Crippen LogP) is 0.0627. The molecule has 98 valence electrons. The molecule has 0 bridgehead atoms. The van der Waals surface area contributed by atoms with Gasteiger partial charge in [0.15, 0.2) is 5.72 Å². The van der Waals surface area contributed by atoms with E-state index in [9.17, 15) is 14.7 Å². The van der Waals surface area contributed by atoms with Gasteiger partial charge < -0.3 is 20.3 Å². The van der Waals surface area contributed by atoms with E-state index in [4.69, 9.17) is 5.11 Å². The van der Waals surface area contributed by atoms with E-state index in [0.717, 1.165) is 0 Å². The molecule has 0 spiro atoms. The van der Waals surface area contributed by atoms with Crippen LogP contribution in [0.15, 0.2) is 36.7 Å². The Labute approximate surface area is 103 Å². The average molecular weight is 254 g/mol. The number of carboxylic acid groups (broad SMARTS) is 1. The SMILES string of the molecule is C=CCOC(=O)NC1=CC=CNC1(O)CC(=O)O. The highest BCUT2D eigenvalue weighted by atomic mass is 16.5. The van der Waals surface area contributed by atoms with Crippen LogP contribution in [0.25, 0.3) is 0 Å². The summed E-state index contributed by atoms with van der Waals surface area (Å²) in [6.45, 7) is 3.39. The van der Waals surface area contributed by atoms with Crippen molar-refractivity contribution in [3.8, 4) is 0 Å². The Kier molecular flexibility index (Phi) is 4.50. The number of aliphatic hydroxyl groups is 1. The normalized spacial score (nSPS) is 21.5. The van der Waals surface area contributed by atoms with E-state index in [0.29, 0.717) is 0 Å². The molecule has 0 saturated carbocycles. The minimum absolute atomic E-state index is 0.00135. The van der Waals surface area contributed by atoms with E-state index in [1.54, 1.807) is 0 Å². The van der Waals surface area contributed by atoms with Gasteiger partial charge in [-0.25, -0.2) is 4.79 Å². The number of hydrogen-bond acceptors (Lipinski definition) is 5. The molecule has 7 heteroatoms. The van der Waals surface area contributed by atoms with Crippen molar-refractivity contribution in [1.82, 2.24) is 10.6 Å². The molecular formula is C11H14N2O5. The quantitative estimate of drug-likeness (QED) is 0.517. The number of carbonyl (C=O) groups excluding carboxylic acids is 1. The van der Waals surface area contributed by atoms with Crippen molar-refractivity contribution in [2.45, 2.75) is 12.1 Å². The third-order valence-electron chi connectivity index (χ3n) is 2.10. The lowest BCUT2D eigenvalue weighted by atomic mass is 10.0. The molecule has 1 rings (SSSR count). The van der Waals surface area contributed by atoms with E-state index in [-0.39, 0.29) is 12.3 Å². The highest BCUT2D eigenvalue weighted by molar-refractivity contribution is 5.73. The highest BCUT2D eigenvalue weighted by Gasteiger charge is 2.35. The first-order valence-corrected chi connectivity index (χ1v) is 5.12. The van der Waals surface area contributed by atoms with Gasteiger partial charge in [-0.3, -0.25) is 10.1 Å². The lowest BCUT2D eigenvalue weighted by molar-refractivity contribution is -0.142. The maximum absolute atomic E-state index is 11.3. The van der Waals surface area contributed by atoms with Crippen LogP contribution in [0.1, 0.15) is 6.42 Å². The lowest BCUT2D eigenvalue weighted by Gasteiger charge is -2.31. The first-order valence-electron chi connectivity index (χ1n) is 5.12. The second-order valence-corrected chi connectivity index (χ2v) is 3.53. The zero-order chi connectivity index (χ0) is 13.6. The van der Waals surface area contributed by atoms with Crippen LogP contribution in [-0.4, -0.2) is 34.6 Å². The number of amides is 1. The topological polar surface area (TPSA) is 108 Å². The summed E-state index contributed by atoms with van der Waals surface area (Å²) in [4.78, 5) is 22.0. The fourth-order valence-corrected chi connectivity index (χ4v) is 1.34. The summed E-state index contributed by atoms with van der Waals surface area (Å²) < 4.78 is 4.67. The molecule has 0 aromatic rings. The number of allylic oxidation sites excluding steroid dienone is 2. The molecule has 1 heterocycles. The van der Waals surface area contributed by atoms with Crippen LogP contribution in [0, 0.1) is 0 Å². The molecule has 1 atom stereocenters. The van der Waals surface area contributed by atoms with Crippen molar-refractivity contribution in [3.63, 3.8) is 0 Å². The molecule has 1 aliphatic heterocycles. The molecule has 0 aromatic carbocycles. The van der Waals surface area contributed by atoms with Crippen molar-refractivity contribution in [2.24, 2.45) is 0 Å². The standard InChI is InChI=1S/C11H14N2O5/c1-2-6-18-10(16)13-8-4-3-5-12-11(8,17)7-9(14)15/h2-5,12,17H,1,6-7H2,(H,13,16)(H,14,15). The van der Waals surface area contributed by atoms with Gasteiger partial charge in [0.2, 0.25) is 0 Å². The number of hydrogen-bond donors (Lipinski definition) is 4. The molecular weight excluding hydrogens is 240 g/mol. The molecule has 0 aliphatic carbocycles. The molecule has 1 amide bonds. The van der Waals surface area contributed by atoms with Crippen molar-refractivity contribution in [1.29, 1.82) is 0 Å². The Morgan fingerprint density at radius 2 is 2.33 bits per heavy atom. The Bertz CT molecular complexity index is 416. The highest BCUT2D eigenvalue weighted by Crippen LogP contribution is 2.19. The van der Waals surface area contributed by atoms with Gasteiger partial charge in [-0.2, -0.15) is 0 Å². The second kappa shape index (κ2) is 5.87. The van der Waals surface area contributed by atoms with Gasteiger partial charge in [-0.15, -0.1) is 0 Å². The van der Waals surface area contributed by atoms with Gasteiger partial charge in [-0.1, -0.05) is 12.7 Å². The predicted molar refractivity (Wildman–Crippen MR) is 62.2 cm³/mol. The van der Waals surface area contributed by atoms with Crippen LogP contribution in [-0.2, 0) is 9.53 Å². The Morgan fingerprint density at radius 1 is 1.61 bits per heavy atom. The van der Waals surface area contributed by atoms with Gasteiger partial charge in [0, 0.05) is 0 Å². The number of ether oxygens (including phenoxy) is 1. The summed E-state index contributed by atoms with van der Waals surface area (Å²) in [6.07, 6.45) is 4.25. The minimum atomic E-state index is -1.87. The molecule has 0 aromatic heterocycles. The van der Waals surface area contributed by atoms with Gasteiger partial charge >= 0.3 is 12.1 Å². The third kappa shape index (κ3) is 3.63. The summed E-state index contributed by atoms with van der Waals surface area (Å²) in [5, 5.41) is 23.5. The minimum Gasteiger partial charge on any atom is -0.481 e. The smallest absolute Gasteiger partial charge is 0.411 e. The van der Waals surface area contributed by atoms with Crippen LogP contribution >= 0.6 is 0 Å². The van der Waals surface area contributed by atoms with E-state index >= 15 is 0 Å². The van der Waals surface area contributed by atoms with E-state index in [1.807, 2.05) is 0 Å². The van der Waals surface area contributed by atoms with Crippen LogP contribution in [0.3, 0.4) is 0 Å². The largest absolute Gasteiger partial charge is 0.481 e. The Morgan fingerprint density at radius 3 is 2.94 bits per heavy atom. The van der Waals surface area contributed by atoms with Crippen LogP contribution in [0.5, 0.6) is 0 Å². The third-order valence-corrected chi connectivity index (χ3v) is 2.10. The summed E-state index contributed by atoms with van der Waals surface area (Å²) >= 11 is 0. The molecule has 7 nitrogen and oxygen atoms in total. The molecule has 0 fully saturated rings. The molecule has 1 unspecified atom stereocenters. The number of nitrogens with one attached hydrogen (secondary N) is 2. The van der Waals surface area contributed by atoms with Gasteiger partial charge in [0.1, 0.15) is 6.61 Å². The molecule has 18 heavy (non-hydrogen) atoms. The number of rotatable bonds is 5. The first kappa shape index (κ1) is 13.8. The summed E-state index contributed by atoms with van der Waals surface area (Å²) in [6, 6.07) is 0. The number of dihydropyridines is 1. The number of aliphatic carboxylic acids is 1. The van der Waals surface area contributed by atoms with E-state index < -0.39 is 24.2 Å². The zero-order valence-corrected chi connectivity index (χ0v) is 9.55. The maximum atomic E-state index is 11.3. The Hall–Kier alpha value is -2.28. The van der Waals surface area contributed by atoms with Crippen molar-refractivity contribution in [2.75, 3.05) is 6.61 Å². The summed E-state index contributed by atoms with van der Waals surface area (Å²) in [7, 11) is 0. The number of alkyl carbamates (subject to hydrolysis) is 1. The zero-order valence-electron chi connectivity index (χ0n) is 9.55. The maximum Gasteiger partial charge on any atom is 0.411 e. The monoisotopic (exact) mass is 254 g/mol. The van der Waals surface area contributed by atoms with E-state index in [2.05, 4.69) is 21.9 Å². The first-order chi connectivity index (χ1) is 8.48. The summed E-state index contributed by atoms with van der Waals surface area (Å²) in [5.41, 5.74) is -1.87. The average Bonchev–Trinajstić information content (AvgIpc) is 2.28. The number of carboxylic acids is 1. The molecule has 0 saturated heterocycles. The molecule has 0 radical (unpaired) electrons. The number of carbonyl (C=O) groups is 2. The van der Waals surface area contributed by atoms with E-state index in [1.165, 1.54) is 24.4 Å². The van der Waals surface area contributed by atoms with Crippen LogP contribution in [0.2, 0.25) is 0 Å². The fourth-order valence-electron chi connectivity index (χ4n) is 1.34.